The number of sulfonamides is 1. The molecular formula is C28H28ClF2N3O5S. The summed E-state index contributed by atoms with van der Waals surface area (Å²) in [5, 5.41) is 0. The van der Waals surface area contributed by atoms with Gasteiger partial charge in [0.2, 0.25) is 15.9 Å². The second-order valence-corrected chi connectivity index (χ2v) is 11.4. The molecule has 2 aliphatic rings. The molecule has 0 amide bonds. The van der Waals surface area contributed by atoms with Crippen LogP contribution in [0.5, 0.6) is 11.6 Å². The molecule has 3 aromatic rings. The van der Waals surface area contributed by atoms with Crippen molar-refractivity contribution in [1.82, 2.24) is 14.2 Å². The van der Waals surface area contributed by atoms with Gasteiger partial charge in [-0.25, -0.2) is 22.2 Å². The van der Waals surface area contributed by atoms with Gasteiger partial charge in [0.25, 0.3) is 0 Å². The summed E-state index contributed by atoms with van der Waals surface area (Å²) in [7, 11) is -1.71. The van der Waals surface area contributed by atoms with E-state index in [0.29, 0.717) is 73.2 Å². The van der Waals surface area contributed by atoms with E-state index in [1.54, 1.807) is 30.3 Å². The maximum absolute atomic E-state index is 14.2. The molecule has 0 saturated carbocycles. The smallest absolute Gasteiger partial charge is 0.212 e. The maximum Gasteiger partial charge on any atom is 0.212 e. The van der Waals surface area contributed by atoms with E-state index >= 15 is 0 Å². The zero-order valence-electron chi connectivity index (χ0n) is 21.9. The van der Waals surface area contributed by atoms with Crippen LogP contribution in [0.2, 0.25) is 0 Å². The van der Waals surface area contributed by atoms with Gasteiger partial charge >= 0.3 is 0 Å². The number of hydrogen-bond acceptors (Lipinski definition) is 7. The molecule has 12 heteroatoms. The summed E-state index contributed by atoms with van der Waals surface area (Å²) in [4.78, 5) is 20.0. The van der Waals surface area contributed by atoms with Crippen molar-refractivity contribution in [2.45, 2.75) is 0 Å². The Morgan fingerprint density at radius 2 is 1.60 bits per heavy atom. The molecule has 0 radical (unpaired) electrons. The van der Waals surface area contributed by atoms with Gasteiger partial charge in [0.1, 0.15) is 24.0 Å². The lowest BCUT2D eigenvalue weighted by Crippen LogP contribution is -2.49. The third kappa shape index (κ3) is 6.17. The van der Waals surface area contributed by atoms with Crippen LogP contribution in [0.3, 0.4) is 0 Å². The number of pyridine rings is 1. The Hall–Kier alpha value is -3.38. The first-order chi connectivity index (χ1) is 18.6. The highest BCUT2D eigenvalue weighted by molar-refractivity contribution is 7.88. The number of benzene rings is 2. The Bertz CT molecular complexity index is 1540. The van der Waals surface area contributed by atoms with E-state index in [-0.39, 0.29) is 29.3 Å². The van der Waals surface area contributed by atoms with E-state index in [2.05, 4.69) is 9.88 Å². The highest BCUT2D eigenvalue weighted by atomic mass is 35.5. The topological polar surface area (TPSA) is 89.0 Å². The molecule has 1 aliphatic carbocycles. The monoisotopic (exact) mass is 591 g/mol. The van der Waals surface area contributed by atoms with Gasteiger partial charge in [-0.05, 0) is 47.5 Å². The van der Waals surface area contributed by atoms with E-state index in [1.165, 1.54) is 36.0 Å². The number of methoxy groups -OCH3 is 1. The molecule has 1 saturated heterocycles. The predicted molar refractivity (Wildman–Crippen MR) is 149 cm³/mol. The Labute approximate surface area is 237 Å². The van der Waals surface area contributed by atoms with Crippen molar-refractivity contribution in [2.75, 3.05) is 52.7 Å². The minimum absolute atomic E-state index is 0. The number of carbonyl (C=O) groups is 1. The molecule has 8 nitrogen and oxygen atoms in total. The van der Waals surface area contributed by atoms with Gasteiger partial charge in [-0.15, -0.1) is 12.4 Å². The third-order valence-electron chi connectivity index (χ3n) is 6.84. The average molecular weight is 592 g/mol. The number of nitrogens with zero attached hydrogens (tertiary/aromatic N) is 3. The molecule has 1 aliphatic heterocycles. The van der Waals surface area contributed by atoms with Crippen molar-refractivity contribution in [1.29, 1.82) is 0 Å². The summed E-state index contributed by atoms with van der Waals surface area (Å²) in [6.45, 7) is 3.02. The van der Waals surface area contributed by atoms with Crippen molar-refractivity contribution in [3.05, 3.63) is 88.6 Å². The second kappa shape index (κ2) is 12.0. The van der Waals surface area contributed by atoms with Crippen LogP contribution >= 0.6 is 12.4 Å². The first kappa shape index (κ1) is 29.6. The van der Waals surface area contributed by atoms with Gasteiger partial charge in [-0.2, -0.15) is 4.31 Å². The summed E-state index contributed by atoms with van der Waals surface area (Å²) in [6.07, 6.45) is 2.71. The van der Waals surface area contributed by atoms with E-state index in [9.17, 15) is 22.0 Å². The number of carbonyl (C=O) groups excluding carboxylic acids is 1. The summed E-state index contributed by atoms with van der Waals surface area (Å²) in [6, 6.07) is 11.6. The molecule has 0 unspecified atom stereocenters. The molecule has 5 rings (SSSR count). The molecular weight excluding hydrogens is 564 g/mol. The second-order valence-electron chi connectivity index (χ2n) is 9.39. The van der Waals surface area contributed by atoms with E-state index in [4.69, 9.17) is 9.47 Å². The van der Waals surface area contributed by atoms with Crippen LogP contribution in [-0.4, -0.2) is 81.1 Å². The first-order valence-electron chi connectivity index (χ1n) is 12.3. The Kier molecular flexibility index (Phi) is 8.89. The van der Waals surface area contributed by atoms with Crippen molar-refractivity contribution in [2.24, 2.45) is 0 Å². The number of allylic oxidation sites excluding steroid dienone is 1. The lowest BCUT2D eigenvalue weighted by Gasteiger charge is -2.33. The zero-order valence-corrected chi connectivity index (χ0v) is 23.5. The molecule has 212 valence electrons. The highest BCUT2D eigenvalue weighted by Crippen LogP contribution is 2.43. The standard InChI is InChI=1S/C28H27F2N3O5S.ClH/c1-37-25-6-3-18(17-31-25)27-26(19-13-20(29)15-21(30)14-19)23-5-4-22(16-24(23)28(27)34)38-12-11-32-7-9-33(10-8-32)39(2,35)36;/h3-6,13-17H,7-12H2,1-2H3;1H. The highest BCUT2D eigenvalue weighted by Gasteiger charge is 2.32. The van der Waals surface area contributed by atoms with Crippen LogP contribution in [0.25, 0.3) is 11.1 Å². The number of aromatic nitrogens is 1. The van der Waals surface area contributed by atoms with Crippen molar-refractivity contribution in [3.8, 4) is 11.6 Å². The molecule has 2 heterocycles. The molecule has 0 atom stereocenters. The summed E-state index contributed by atoms with van der Waals surface area (Å²) < 4.78 is 64.3. The maximum atomic E-state index is 14.2. The molecule has 0 N–H and O–H groups in total. The molecule has 0 bridgehead atoms. The van der Waals surface area contributed by atoms with E-state index in [1.807, 2.05) is 0 Å². The Morgan fingerprint density at radius 3 is 2.20 bits per heavy atom. The predicted octanol–water partition coefficient (Wildman–Crippen LogP) is 3.90. The summed E-state index contributed by atoms with van der Waals surface area (Å²) in [5.74, 6) is -0.949. The first-order valence-corrected chi connectivity index (χ1v) is 14.2. The lowest BCUT2D eigenvalue weighted by molar-refractivity contribution is 0.105. The van der Waals surface area contributed by atoms with Gasteiger partial charge < -0.3 is 9.47 Å². The van der Waals surface area contributed by atoms with Gasteiger partial charge in [0, 0.05) is 73.3 Å². The van der Waals surface area contributed by atoms with Gasteiger partial charge in [0.15, 0.2) is 5.78 Å². The van der Waals surface area contributed by atoms with Gasteiger partial charge in [0.05, 0.1) is 13.4 Å². The third-order valence-corrected chi connectivity index (χ3v) is 8.15. The Morgan fingerprint density at radius 1 is 0.900 bits per heavy atom. The van der Waals surface area contributed by atoms with E-state index in [0.717, 1.165) is 6.07 Å². The average Bonchev–Trinajstić information content (AvgIpc) is 3.19. The number of ether oxygens (including phenoxy) is 2. The minimum Gasteiger partial charge on any atom is -0.492 e. The van der Waals surface area contributed by atoms with Gasteiger partial charge in [-0.1, -0.05) is 0 Å². The van der Waals surface area contributed by atoms with Crippen LogP contribution in [0.4, 0.5) is 8.78 Å². The minimum atomic E-state index is -3.19. The zero-order chi connectivity index (χ0) is 27.7. The largest absolute Gasteiger partial charge is 0.492 e. The molecule has 0 spiro atoms. The fourth-order valence-corrected chi connectivity index (χ4v) is 5.73. The van der Waals surface area contributed by atoms with Crippen molar-refractivity contribution in [3.63, 3.8) is 0 Å². The van der Waals surface area contributed by atoms with Crippen LogP contribution in [0, 0.1) is 11.6 Å². The SMILES string of the molecule is COc1ccc(C2=C(c3cc(F)cc(F)c3)c3ccc(OCCN4CCN(S(C)(=O)=O)CC4)cc3C2=O)cn1.Cl. The molecule has 1 fully saturated rings. The number of fused-ring (bicyclic) bond motifs is 1. The number of Topliss-reactive ketones (excluding diaryl/α,β-unsaturated/α-hetero) is 1. The van der Waals surface area contributed by atoms with Gasteiger partial charge in [-0.3, -0.25) is 9.69 Å². The van der Waals surface area contributed by atoms with Crippen LogP contribution in [0.1, 0.15) is 27.0 Å². The van der Waals surface area contributed by atoms with Crippen LogP contribution in [-0.2, 0) is 10.0 Å². The fraction of sp³-hybridized carbons (Fsp3) is 0.286. The van der Waals surface area contributed by atoms with Crippen LogP contribution < -0.4 is 9.47 Å². The number of halogens is 3. The Balaban J connectivity index is 0.00000370. The van der Waals surface area contributed by atoms with Crippen molar-refractivity contribution < 1.29 is 31.5 Å². The molecule has 40 heavy (non-hydrogen) atoms. The summed E-state index contributed by atoms with van der Waals surface area (Å²) in [5.41, 5.74) is 2.33. The number of hydrogen-bond donors (Lipinski definition) is 0. The molecule has 2 aromatic carbocycles. The lowest BCUT2D eigenvalue weighted by atomic mass is 9.95. The quantitative estimate of drug-likeness (QED) is 0.393. The van der Waals surface area contributed by atoms with E-state index < -0.39 is 21.7 Å². The fourth-order valence-electron chi connectivity index (χ4n) is 4.90. The molecule has 1 aromatic heterocycles. The number of rotatable bonds is 8. The number of piperazine rings is 1. The summed E-state index contributed by atoms with van der Waals surface area (Å²) >= 11 is 0. The normalized spacial score (nSPS) is 16.1. The number of ketones is 1. The van der Waals surface area contributed by atoms with Crippen LogP contribution in [0.15, 0.2) is 54.7 Å². The van der Waals surface area contributed by atoms with Crippen molar-refractivity contribution >= 4 is 39.4 Å².